The number of benzene rings is 3. The molecule has 2 amide bonds. The fourth-order valence-corrected chi connectivity index (χ4v) is 3.60. The highest BCUT2D eigenvalue weighted by atomic mass is 16.5. The predicted molar refractivity (Wildman–Crippen MR) is 141 cm³/mol. The molecular formula is C27H30N6O2. The van der Waals surface area contributed by atoms with Gasteiger partial charge in [-0.3, -0.25) is 0 Å². The summed E-state index contributed by atoms with van der Waals surface area (Å²) in [6.07, 6.45) is 3.33. The van der Waals surface area contributed by atoms with Crippen LogP contribution >= 0.6 is 0 Å². The Bertz CT molecular complexity index is 1230. The number of fused-ring (bicyclic) bond motifs is 1. The van der Waals surface area contributed by atoms with Crippen LogP contribution < -0.4 is 26.0 Å². The second-order valence-corrected chi connectivity index (χ2v) is 8.03. The normalized spacial score (nSPS) is 10.7. The second kappa shape index (κ2) is 12.3. The van der Waals surface area contributed by atoms with Gasteiger partial charge in [0.05, 0.1) is 12.1 Å². The lowest BCUT2D eigenvalue weighted by atomic mass is 10.1. The lowest BCUT2D eigenvalue weighted by Gasteiger charge is -2.11. The van der Waals surface area contributed by atoms with E-state index in [-0.39, 0.29) is 6.03 Å². The highest BCUT2D eigenvalue weighted by molar-refractivity contribution is 5.99. The number of aromatic nitrogens is 2. The van der Waals surface area contributed by atoms with Crippen molar-refractivity contribution in [1.82, 2.24) is 15.3 Å². The number of ether oxygens (including phenoxy) is 1. The van der Waals surface area contributed by atoms with Gasteiger partial charge in [0.1, 0.15) is 17.9 Å². The van der Waals surface area contributed by atoms with Gasteiger partial charge in [0.15, 0.2) is 0 Å². The number of hydrogen-bond donors (Lipinski definition) is 4. The highest BCUT2D eigenvalue weighted by Gasteiger charge is 2.06. The topological polar surface area (TPSA) is 100 Å². The largest absolute Gasteiger partial charge is 0.493 e. The molecule has 0 fully saturated rings. The molecule has 3 aromatic carbocycles. The molecule has 0 bridgehead atoms. The second-order valence-electron chi connectivity index (χ2n) is 8.03. The number of hydrogen-bond acceptors (Lipinski definition) is 6. The van der Waals surface area contributed by atoms with Crippen molar-refractivity contribution in [3.63, 3.8) is 0 Å². The Kier molecular flexibility index (Phi) is 8.45. The molecule has 8 nitrogen and oxygen atoms in total. The van der Waals surface area contributed by atoms with Crippen LogP contribution in [0.5, 0.6) is 5.75 Å². The molecule has 0 aliphatic heterocycles. The summed E-state index contributed by atoms with van der Waals surface area (Å²) < 4.78 is 5.81. The molecule has 4 N–H and O–H groups in total. The van der Waals surface area contributed by atoms with E-state index in [4.69, 9.17) is 4.74 Å². The number of para-hydroxylation sites is 1. The Hall–Kier alpha value is -4.17. The number of carbonyl (C=O) groups excluding carboxylic acids is 1. The first-order valence-electron chi connectivity index (χ1n) is 11.7. The zero-order valence-electron chi connectivity index (χ0n) is 19.8. The van der Waals surface area contributed by atoms with Crippen molar-refractivity contribution in [2.45, 2.75) is 12.8 Å². The summed E-state index contributed by atoms with van der Waals surface area (Å²) in [5, 5.41) is 13.1. The summed E-state index contributed by atoms with van der Waals surface area (Å²) >= 11 is 0. The van der Waals surface area contributed by atoms with Crippen molar-refractivity contribution >= 4 is 34.1 Å². The number of anilines is 3. The molecule has 8 heteroatoms. The van der Waals surface area contributed by atoms with Gasteiger partial charge in [-0.1, -0.05) is 30.3 Å². The summed E-state index contributed by atoms with van der Waals surface area (Å²) in [6.45, 7) is 2.30. The van der Waals surface area contributed by atoms with Crippen LogP contribution in [0.1, 0.15) is 12.0 Å². The molecule has 0 spiro atoms. The van der Waals surface area contributed by atoms with E-state index in [1.165, 1.54) is 0 Å². The minimum absolute atomic E-state index is 0.271. The SMILES string of the molecule is CNCCCOc1ccc2c(NCCc3ccc(NC(=O)Nc4ccccc4)cc3)ncnc2c1. The van der Waals surface area contributed by atoms with E-state index < -0.39 is 0 Å². The number of rotatable bonds is 11. The fourth-order valence-electron chi connectivity index (χ4n) is 3.60. The van der Waals surface area contributed by atoms with Crippen LogP contribution in [0.15, 0.2) is 79.1 Å². The average Bonchev–Trinajstić information content (AvgIpc) is 2.88. The summed E-state index contributed by atoms with van der Waals surface area (Å²) in [5.41, 5.74) is 3.49. The van der Waals surface area contributed by atoms with Crippen LogP contribution in [0, 0.1) is 0 Å². The van der Waals surface area contributed by atoms with Crippen LogP contribution in [0.4, 0.5) is 22.0 Å². The molecule has 0 aliphatic rings. The average molecular weight is 471 g/mol. The van der Waals surface area contributed by atoms with Crippen LogP contribution in [-0.2, 0) is 6.42 Å². The number of nitrogens with one attached hydrogen (secondary N) is 4. The minimum atomic E-state index is -0.271. The van der Waals surface area contributed by atoms with Gasteiger partial charge in [-0.05, 0) is 68.4 Å². The standard InChI is InChI=1S/C27H30N6O2/c1-28-15-5-17-35-23-12-13-24-25(18-23)30-19-31-26(24)29-16-14-20-8-10-22(11-9-20)33-27(34)32-21-6-3-2-4-7-21/h2-4,6-13,18-19,28H,5,14-17H2,1H3,(H,29,30,31)(H2,32,33,34). The first-order chi connectivity index (χ1) is 17.2. The smallest absolute Gasteiger partial charge is 0.323 e. The van der Waals surface area contributed by atoms with E-state index in [0.717, 1.165) is 65.3 Å². The van der Waals surface area contributed by atoms with Crippen molar-refractivity contribution < 1.29 is 9.53 Å². The van der Waals surface area contributed by atoms with Gasteiger partial charge < -0.3 is 26.0 Å². The summed E-state index contributed by atoms with van der Waals surface area (Å²) in [5.74, 6) is 1.61. The quantitative estimate of drug-likeness (QED) is 0.232. The highest BCUT2D eigenvalue weighted by Crippen LogP contribution is 2.24. The predicted octanol–water partition coefficient (Wildman–Crippen LogP) is 4.92. The monoisotopic (exact) mass is 470 g/mol. The molecular weight excluding hydrogens is 440 g/mol. The molecule has 180 valence electrons. The third-order valence-electron chi connectivity index (χ3n) is 5.40. The van der Waals surface area contributed by atoms with E-state index in [2.05, 4.69) is 31.2 Å². The number of carbonyl (C=O) groups is 1. The van der Waals surface area contributed by atoms with E-state index in [9.17, 15) is 4.79 Å². The Morgan fingerprint density at radius 1 is 0.886 bits per heavy atom. The Morgan fingerprint density at radius 2 is 1.66 bits per heavy atom. The molecule has 1 heterocycles. The van der Waals surface area contributed by atoms with Crippen LogP contribution in [-0.4, -0.2) is 42.7 Å². The molecule has 0 aliphatic carbocycles. The van der Waals surface area contributed by atoms with Crippen molar-refractivity contribution in [3.05, 3.63) is 84.7 Å². The zero-order valence-corrected chi connectivity index (χ0v) is 19.8. The van der Waals surface area contributed by atoms with E-state index in [0.29, 0.717) is 6.61 Å². The van der Waals surface area contributed by atoms with Crippen LogP contribution in [0.2, 0.25) is 0 Å². The molecule has 1 aromatic heterocycles. The van der Waals surface area contributed by atoms with E-state index in [1.807, 2.05) is 79.8 Å². The van der Waals surface area contributed by atoms with Crippen molar-refractivity contribution in [2.24, 2.45) is 0 Å². The molecule has 4 aromatic rings. The van der Waals surface area contributed by atoms with Crippen LogP contribution in [0.3, 0.4) is 0 Å². The van der Waals surface area contributed by atoms with E-state index >= 15 is 0 Å². The van der Waals surface area contributed by atoms with Gasteiger partial charge in [-0.25, -0.2) is 14.8 Å². The molecule has 4 rings (SSSR count). The summed E-state index contributed by atoms with van der Waals surface area (Å²) in [4.78, 5) is 20.9. The molecule has 0 unspecified atom stereocenters. The van der Waals surface area contributed by atoms with Crippen molar-refractivity contribution in [1.29, 1.82) is 0 Å². The van der Waals surface area contributed by atoms with Crippen molar-refractivity contribution in [2.75, 3.05) is 42.7 Å². The van der Waals surface area contributed by atoms with Gasteiger partial charge in [0.2, 0.25) is 0 Å². The minimum Gasteiger partial charge on any atom is -0.493 e. The Balaban J connectivity index is 1.27. The van der Waals surface area contributed by atoms with Gasteiger partial charge in [-0.2, -0.15) is 0 Å². The first-order valence-corrected chi connectivity index (χ1v) is 11.7. The Labute approximate surface area is 205 Å². The lowest BCUT2D eigenvalue weighted by molar-refractivity contribution is 0.262. The van der Waals surface area contributed by atoms with Gasteiger partial charge >= 0.3 is 6.03 Å². The summed E-state index contributed by atoms with van der Waals surface area (Å²) in [6, 6.07) is 22.8. The first kappa shape index (κ1) is 24.0. The molecule has 0 saturated heterocycles. The number of urea groups is 1. The molecule has 35 heavy (non-hydrogen) atoms. The maximum Gasteiger partial charge on any atom is 0.323 e. The lowest BCUT2D eigenvalue weighted by Crippen LogP contribution is -2.19. The van der Waals surface area contributed by atoms with Gasteiger partial charge in [0, 0.05) is 29.4 Å². The molecule has 0 atom stereocenters. The maximum absolute atomic E-state index is 12.1. The van der Waals surface area contributed by atoms with Gasteiger partial charge in [-0.15, -0.1) is 0 Å². The third kappa shape index (κ3) is 7.15. The Morgan fingerprint density at radius 3 is 2.43 bits per heavy atom. The third-order valence-corrected chi connectivity index (χ3v) is 5.40. The molecule has 0 saturated carbocycles. The zero-order chi connectivity index (χ0) is 24.3. The fraction of sp³-hybridized carbons (Fsp3) is 0.222. The maximum atomic E-state index is 12.1. The molecule has 0 radical (unpaired) electrons. The van der Waals surface area contributed by atoms with Gasteiger partial charge in [0.25, 0.3) is 0 Å². The number of nitrogens with zero attached hydrogens (tertiary/aromatic N) is 2. The van der Waals surface area contributed by atoms with Crippen LogP contribution in [0.25, 0.3) is 10.9 Å². The summed E-state index contributed by atoms with van der Waals surface area (Å²) in [7, 11) is 1.93. The van der Waals surface area contributed by atoms with E-state index in [1.54, 1.807) is 6.33 Å². The van der Waals surface area contributed by atoms with Crippen molar-refractivity contribution in [3.8, 4) is 5.75 Å². The number of amides is 2.